The Morgan fingerprint density at radius 3 is 2.78 bits per heavy atom. The highest BCUT2D eigenvalue weighted by Crippen LogP contribution is 2.31. The fraction of sp³-hybridized carbons (Fsp3) is 0.591. The van der Waals surface area contributed by atoms with E-state index in [0.29, 0.717) is 25.4 Å². The number of likely N-dealkylation sites (tertiary alicyclic amines) is 1. The van der Waals surface area contributed by atoms with Crippen LogP contribution in [0, 0.1) is 12.8 Å². The minimum Gasteiger partial charge on any atom is -0.379 e. The third-order valence-corrected chi connectivity index (χ3v) is 6.44. The van der Waals surface area contributed by atoms with Gasteiger partial charge in [0.15, 0.2) is 5.60 Å². The zero-order valence-electron chi connectivity index (χ0n) is 16.5. The van der Waals surface area contributed by atoms with Crippen molar-refractivity contribution in [2.45, 2.75) is 51.2 Å². The number of benzene rings is 1. The van der Waals surface area contributed by atoms with Crippen molar-refractivity contribution in [1.29, 1.82) is 0 Å². The van der Waals surface area contributed by atoms with Crippen molar-refractivity contribution >= 4 is 16.8 Å². The second kappa shape index (κ2) is 7.28. The van der Waals surface area contributed by atoms with E-state index in [9.17, 15) is 9.90 Å². The van der Waals surface area contributed by atoms with Crippen LogP contribution in [-0.2, 0) is 11.3 Å². The molecule has 1 saturated carbocycles. The molecule has 5 nitrogen and oxygen atoms in total. The Balaban J connectivity index is 1.43. The third-order valence-electron chi connectivity index (χ3n) is 6.44. The van der Waals surface area contributed by atoms with Crippen LogP contribution in [0.1, 0.15) is 43.4 Å². The molecule has 1 aromatic carbocycles. The van der Waals surface area contributed by atoms with Gasteiger partial charge in [0.25, 0.3) is 5.91 Å². The molecule has 146 valence electrons. The van der Waals surface area contributed by atoms with Crippen molar-refractivity contribution < 1.29 is 9.90 Å². The van der Waals surface area contributed by atoms with Crippen LogP contribution >= 0.6 is 0 Å². The number of aromatic amines is 1. The Kier molecular flexibility index (Phi) is 4.99. The zero-order valence-corrected chi connectivity index (χ0v) is 16.5. The predicted molar refractivity (Wildman–Crippen MR) is 107 cm³/mol. The molecule has 2 heterocycles. The summed E-state index contributed by atoms with van der Waals surface area (Å²) in [5, 5.41) is 12.4. The first-order valence-electron chi connectivity index (χ1n) is 10.2. The van der Waals surface area contributed by atoms with Crippen molar-refractivity contribution in [3.05, 3.63) is 35.5 Å². The van der Waals surface area contributed by atoms with Crippen molar-refractivity contribution in [1.82, 2.24) is 14.8 Å². The molecular weight excluding hydrogens is 338 g/mol. The summed E-state index contributed by atoms with van der Waals surface area (Å²) < 4.78 is 0. The quantitative estimate of drug-likeness (QED) is 0.823. The number of aryl methyl sites for hydroxylation is 1. The molecule has 1 aromatic heterocycles. The van der Waals surface area contributed by atoms with Crippen LogP contribution in [0.5, 0.6) is 0 Å². The van der Waals surface area contributed by atoms with Gasteiger partial charge in [-0.1, -0.05) is 24.6 Å². The van der Waals surface area contributed by atoms with Crippen molar-refractivity contribution in [2.75, 3.05) is 26.7 Å². The summed E-state index contributed by atoms with van der Waals surface area (Å²) in [4.78, 5) is 20.4. The molecule has 0 bridgehead atoms. The molecule has 27 heavy (non-hydrogen) atoms. The van der Waals surface area contributed by atoms with E-state index in [4.69, 9.17) is 0 Å². The molecule has 2 fully saturated rings. The molecule has 1 aliphatic heterocycles. The fourth-order valence-corrected chi connectivity index (χ4v) is 4.64. The van der Waals surface area contributed by atoms with Gasteiger partial charge < -0.3 is 15.0 Å². The normalized spacial score (nSPS) is 24.0. The lowest BCUT2D eigenvalue weighted by Crippen LogP contribution is -2.59. The van der Waals surface area contributed by atoms with Crippen molar-refractivity contribution in [3.8, 4) is 0 Å². The molecular formula is C22H31N3O2. The number of likely N-dealkylation sites (N-methyl/N-ethyl adjacent to an activating group) is 1. The summed E-state index contributed by atoms with van der Waals surface area (Å²) >= 11 is 0. The standard InChI is InChI=1S/C22H31N3O2/c1-16-18-9-3-4-10-19(18)23-20(16)14-24(2)15-22(27)11-6-12-25(21(22)26)13-17-7-5-8-17/h3-4,9-10,17,23,27H,5-8,11-15H2,1-2H3/t22-/m1/s1. The lowest BCUT2D eigenvalue weighted by molar-refractivity contribution is -0.160. The number of amides is 1. The molecule has 5 heteroatoms. The number of aromatic nitrogens is 1. The molecule has 4 rings (SSSR count). The first kappa shape index (κ1) is 18.5. The average Bonchev–Trinajstić information content (AvgIpc) is 2.91. The molecule has 2 N–H and O–H groups in total. The van der Waals surface area contributed by atoms with Crippen LogP contribution in [-0.4, -0.2) is 58.1 Å². The number of aliphatic hydroxyl groups is 1. The highest BCUT2D eigenvalue weighted by Gasteiger charge is 2.43. The number of rotatable bonds is 6. The molecule has 1 atom stereocenters. The predicted octanol–water partition coefficient (Wildman–Crippen LogP) is 3.06. The first-order valence-corrected chi connectivity index (χ1v) is 10.2. The van der Waals surface area contributed by atoms with Crippen molar-refractivity contribution in [2.24, 2.45) is 5.92 Å². The Morgan fingerprint density at radius 1 is 1.30 bits per heavy atom. The van der Waals surface area contributed by atoms with Gasteiger partial charge in [-0.25, -0.2) is 0 Å². The summed E-state index contributed by atoms with van der Waals surface area (Å²) in [6.07, 6.45) is 5.17. The van der Waals surface area contributed by atoms with Crippen LogP contribution in [0.15, 0.2) is 24.3 Å². The van der Waals surface area contributed by atoms with Gasteiger partial charge in [0.05, 0.1) is 0 Å². The van der Waals surface area contributed by atoms with E-state index in [0.717, 1.165) is 30.7 Å². The largest absolute Gasteiger partial charge is 0.379 e. The van der Waals surface area contributed by atoms with Gasteiger partial charge in [0.1, 0.15) is 0 Å². The van der Waals surface area contributed by atoms with E-state index in [1.54, 1.807) is 0 Å². The minimum atomic E-state index is -1.25. The fourth-order valence-electron chi connectivity index (χ4n) is 4.64. The Hall–Kier alpha value is -1.85. The highest BCUT2D eigenvalue weighted by molar-refractivity contribution is 5.86. The summed E-state index contributed by atoms with van der Waals surface area (Å²) in [7, 11) is 1.99. The maximum Gasteiger partial charge on any atom is 0.255 e. The topological polar surface area (TPSA) is 59.6 Å². The Labute approximate surface area is 161 Å². The van der Waals surface area contributed by atoms with Gasteiger partial charge >= 0.3 is 0 Å². The van der Waals surface area contributed by atoms with E-state index >= 15 is 0 Å². The zero-order chi connectivity index (χ0) is 19.0. The molecule has 0 unspecified atom stereocenters. The average molecular weight is 370 g/mol. The SMILES string of the molecule is Cc1c(CN(C)C[C@]2(O)CCCN(CC3CCC3)C2=O)[nH]c2ccccc12. The highest BCUT2D eigenvalue weighted by atomic mass is 16.3. The number of fused-ring (bicyclic) bond motifs is 1. The van der Waals surface area contributed by atoms with E-state index in [1.165, 1.54) is 30.2 Å². The molecule has 1 aliphatic carbocycles. The molecule has 0 spiro atoms. The number of nitrogens with one attached hydrogen (secondary N) is 1. The minimum absolute atomic E-state index is 0.0686. The summed E-state index contributed by atoms with van der Waals surface area (Å²) in [6.45, 7) is 4.82. The monoisotopic (exact) mass is 369 g/mol. The molecule has 2 aliphatic rings. The van der Waals surface area contributed by atoms with Crippen LogP contribution < -0.4 is 0 Å². The van der Waals surface area contributed by atoms with E-state index in [2.05, 4.69) is 35.0 Å². The second-order valence-corrected chi connectivity index (χ2v) is 8.63. The maximum atomic E-state index is 13.0. The summed E-state index contributed by atoms with van der Waals surface area (Å²) in [5.41, 5.74) is 2.27. The van der Waals surface area contributed by atoms with Gasteiger partial charge in [0.2, 0.25) is 0 Å². The second-order valence-electron chi connectivity index (χ2n) is 8.63. The summed E-state index contributed by atoms with van der Waals surface area (Å²) in [6, 6.07) is 8.30. The number of carbonyl (C=O) groups excluding carboxylic acids is 1. The molecule has 0 radical (unpaired) electrons. The first-order chi connectivity index (χ1) is 13.0. The van der Waals surface area contributed by atoms with Gasteiger partial charge in [0, 0.05) is 42.8 Å². The van der Waals surface area contributed by atoms with E-state index in [-0.39, 0.29) is 5.91 Å². The molecule has 1 amide bonds. The van der Waals surface area contributed by atoms with E-state index < -0.39 is 5.60 Å². The number of H-pyrrole nitrogens is 1. The van der Waals surface area contributed by atoms with Gasteiger partial charge in [-0.2, -0.15) is 0 Å². The number of carbonyl (C=O) groups is 1. The number of piperidine rings is 1. The van der Waals surface area contributed by atoms with E-state index in [1.807, 2.05) is 18.0 Å². The van der Waals surface area contributed by atoms with Crippen LogP contribution in [0.4, 0.5) is 0 Å². The van der Waals surface area contributed by atoms with Gasteiger partial charge in [-0.15, -0.1) is 0 Å². The van der Waals surface area contributed by atoms with Crippen LogP contribution in [0.3, 0.4) is 0 Å². The lowest BCUT2D eigenvalue weighted by atomic mass is 9.83. The molecule has 1 saturated heterocycles. The van der Waals surface area contributed by atoms with Gasteiger partial charge in [-0.3, -0.25) is 9.69 Å². The van der Waals surface area contributed by atoms with Crippen molar-refractivity contribution in [3.63, 3.8) is 0 Å². The van der Waals surface area contributed by atoms with Gasteiger partial charge in [-0.05, 0) is 57.2 Å². The Morgan fingerprint density at radius 2 is 2.07 bits per heavy atom. The lowest BCUT2D eigenvalue weighted by Gasteiger charge is -2.42. The number of hydrogen-bond acceptors (Lipinski definition) is 3. The smallest absolute Gasteiger partial charge is 0.255 e. The Bertz CT molecular complexity index is 826. The number of nitrogens with zero attached hydrogens (tertiary/aromatic N) is 2. The summed E-state index contributed by atoms with van der Waals surface area (Å²) in [5.74, 6) is 0.573. The van der Waals surface area contributed by atoms with Crippen LogP contribution in [0.2, 0.25) is 0 Å². The molecule has 2 aromatic rings. The number of hydrogen-bond donors (Lipinski definition) is 2. The van der Waals surface area contributed by atoms with Crippen LogP contribution in [0.25, 0.3) is 10.9 Å². The number of para-hydroxylation sites is 1. The third kappa shape index (κ3) is 3.63. The maximum absolute atomic E-state index is 13.0.